The highest BCUT2D eigenvalue weighted by atomic mass is 32.2. The highest BCUT2D eigenvalue weighted by Crippen LogP contribution is 2.23. The molecule has 0 radical (unpaired) electrons. The van der Waals surface area contributed by atoms with Crippen LogP contribution in [-0.2, 0) is 20.3 Å². The minimum absolute atomic E-state index is 0.0493. The van der Waals surface area contributed by atoms with Crippen LogP contribution in [0.25, 0.3) is 22.1 Å². The Hall–Kier alpha value is -3.57. The molecule has 0 saturated carbocycles. The summed E-state index contributed by atoms with van der Waals surface area (Å²) in [5.41, 5.74) is 2.27. The molecule has 1 aromatic heterocycles. The maximum Gasteiger partial charge on any atom is 0.410 e. The van der Waals surface area contributed by atoms with E-state index in [1.54, 1.807) is 47.4 Å². The highest BCUT2D eigenvalue weighted by Gasteiger charge is 2.26. The van der Waals surface area contributed by atoms with Crippen molar-refractivity contribution in [2.45, 2.75) is 45.0 Å². The molecule has 1 amide bonds. The summed E-state index contributed by atoms with van der Waals surface area (Å²) in [5, 5.41) is 0.453. The predicted octanol–water partition coefficient (Wildman–Crippen LogP) is 5.00. The zero-order valence-electron chi connectivity index (χ0n) is 21.5. The van der Waals surface area contributed by atoms with Crippen molar-refractivity contribution in [3.8, 4) is 23.0 Å². The van der Waals surface area contributed by atoms with Gasteiger partial charge < -0.3 is 14.1 Å². The fourth-order valence-corrected chi connectivity index (χ4v) is 5.00. The van der Waals surface area contributed by atoms with Crippen molar-refractivity contribution in [3.05, 3.63) is 70.1 Å². The number of sulfone groups is 1. The van der Waals surface area contributed by atoms with Crippen LogP contribution in [0.3, 0.4) is 0 Å². The molecule has 0 spiro atoms. The van der Waals surface area contributed by atoms with Gasteiger partial charge in [-0.15, -0.1) is 0 Å². The summed E-state index contributed by atoms with van der Waals surface area (Å²) in [6, 6.07) is 12.2. The lowest BCUT2D eigenvalue weighted by molar-refractivity contribution is 0.0199. The van der Waals surface area contributed by atoms with Gasteiger partial charge in [0.1, 0.15) is 17.4 Å². The van der Waals surface area contributed by atoms with Gasteiger partial charge in [0.05, 0.1) is 16.7 Å². The molecule has 1 saturated heterocycles. The minimum atomic E-state index is -3.13. The van der Waals surface area contributed by atoms with Crippen LogP contribution in [0.15, 0.2) is 57.9 Å². The minimum Gasteiger partial charge on any atom is -0.463 e. The number of rotatable bonds is 3. The van der Waals surface area contributed by atoms with Gasteiger partial charge in [0, 0.05) is 30.8 Å². The van der Waals surface area contributed by atoms with E-state index in [1.807, 2.05) is 20.8 Å². The quantitative estimate of drug-likeness (QED) is 0.450. The standard InChI is InChI=1S/C29H31NO6S/c1-29(2,3)36-28(32)30-15-13-20(14-16-30)5-6-21-9-12-24-26(17-21)35-18-25(27(24)31)23-10-7-22(8-11-23)19-37(4,33)34/h7-12,17-18,20H,13-16,19H2,1-4H3. The first-order valence-electron chi connectivity index (χ1n) is 12.2. The van der Waals surface area contributed by atoms with E-state index in [0.29, 0.717) is 40.7 Å². The van der Waals surface area contributed by atoms with Crippen molar-refractivity contribution < 1.29 is 22.4 Å². The summed E-state index contributed by atoms with van der Waals surface area (Å²) in [6.07, 6.45) is 3.89. The van der Waals surface area contributed by atoms with Gasteiger partial charge in [0.15, 0.2) is 15.3 Å². The van der Waals surface area contributed by atoms with Gasteiger partial charge in [-0.3, -0.25) is 4.79 Å². The molecule has 2 heterocycles. The molecule has 7 nitrogen and oxygen atoms in total. The molecule has 1 aliphatic heterocycles. The second kappa shape index (κ2) is 10.4. The maximum atomic E-state index is 13.1. The zero-order chi connectivity index (χ0) is 26.8. The largest absolute Gasteiger partial charge is 0.463 e. The van der Waals surface area contributed by atoms with Gasteiger partial charge >= 0.3 is 6.09 Å². The monoisotopic (exact) mass is 521 g/mol. The SMILES string of the molecule is CC(C)(C)OC(=O)N1CCC(C#Cc2ccc3c(=O)c(-c4ccc(CS(C)(=O)=O)cc4)coc3c2)CC1. The number of nitrogens with zero attached hydrogens (tertiary/aromatic N) is 1. The van der Waals surface area contributed by atoms with E-state index in [0.717, 1.165) is 18.4 Å². The second-order valence-corrected chi connectivity index (χ2v) is 12.6. The summed E-state index contributed by atoms with van der Waals surface area (Å²) >= 11 is 0. The molecule has 37 heavy (non-hydrogen) atoms. The molecule has 0 N–H and O–H groups in total. The number of hydrogen-bond donors (Lipinski definition) is 0. The van der Waals surface area contributed by atoms with E-state index in [9.17, 15) is 18.0 Å². The molecule has 0 atom stereocenters. The predicted molar refractivity (Wildman–Crippen MR) is 144 cm³/mol. The Labute approximate surface area is 217 Å². The number of hydrogen-bond acceptors (Lipinski definition) is 6. The summed E-state index contributed by atoms with van der Waals surface area (Å²) < 4.78 is 34.2. The lowest BCUT2D eigenvalue weighted by Gasteiger charge is -2.31. The molecular formula is C29H31NO6S. The van der Waals surface area contributed by atoms with Crippen LogP contribution in [0, 0.1) is 17.8 Å². The van der Waals surface area contributed by atoms with E-state index in [-0.39, 0.29) is 23.2 Å². The molecular weight excluding hydrogens is 490 g/mol. The van der Waals surface area contributed by atoms with E-state index in [4.69, 9.17) is 9.15 Å². The first kappa shape index (κ1) is 26.5. The maximum absolute atomic E-state index is 13.1. The lowest BCUT2D eigenvalue weighted by Crippen LogP contribution is -2.41. The molecule has 8 heteroatoms. The fraction of sp³-hybridized carbons (Fsp3) is 0.379. The van der Waals surface area contributed by atoms with Crippen molar-refractivity contribution in [2.75, 3.05) is 19.3 Å². The lowest BCUT2D eigenvalue weighted by atomic mass is 9.97. The smallest absolute Gasteiger partial charge is 0.410 e. The first-order valence-corrected chi connectivity index (χ1v) is 14.3. The van der Waals surface area contributed by atoms with E-state index in [1.165, 1.54) is 12.5 Å². The Morgan fingerprint density at radius 1 is 1.11 bits per heavy atom. The van der Waals surface area contributed by atoms with Gasteiger partial charge in [-0.2, -0.15) is 0 Å². The average Bonchev–Trinajstić information content (AvgIpc) is 2.82. The van der Waals surface area contributed by atoms with Crippen LogP contribution >= 0.6 is 0 Å². The third-order valence-electron chi connectivity index (χ3n) is 6.04. The first-order chi connectivity index (χ1) is 17.4. The molecule has 1 fully saturated rings. The number of fused-ring (bicyclic) bond motifs is 1. The topological polar surface area (TPSA) is 93.9 Å². The van der Waals surface area contributed by atoms with Crippen LogP contribution in [-0.4, -0.2) is 44.4 Å². The number of benzene rings is 2. The molecule has 0 aliphatic carbocycles. The number of carbonyl (C=O) groups excluding carboxylic acids is 1. The van der Waals surface area contributed by atoms with E-state index < -0.39 is 15.4 Å². The Balaban J connectivity index is 1.45. The van der Waals surface area contributed by atoms with Gasteiger partial charge in [0.25, 0.3) is 0 Å². The number of carbonyl (C=O) groups is 1. The van der Waals surface area contributed by atoms with E-state index >= 15 is 0 Å². The summed E-state index contributed by atoms with van der Waals surface area (Å²) in [6.45, 7) is 6.79. The Bertz CT molecular complexity index is 1530. The Morgan fingerprint density at radius 3 is 2.41 bits per heavy atom. The number of ether oxygens (including phenoxy) is 1. The second-order valence-electron chi connectivity index (χ2n) is 10.5. The third kappa shape index (κ3) is 7.01. The molecule has 194 valence electrons. The summed E-state index contributed by atoms with van der Waals surface area (Å²) in [5.74, 6) is 6.60. The van der Waals surface area contributed by atoms with Gasteiger partial charge in [0.2, 0.25) is 0 Å². The summed E-state index contributed by atoms with van der Waals surface area (Å²) in [7, 11) is -3.13. The van der Waals surface area contributed by atoms with Crippen molar-refractivity contribution in [1.82, 2.24) is 4.90 Å². The van der Waals surface area contributed by atoms with Crippen LogP contribution in [0.1, 0.15) is 44.7 Å². The molecule has 0 unspecified atom stereocenters. The van der Waals surface area contributed by atoms with Crippen LogP contribution < -0.4 is 5.43 Å². The normalized spacial score (nSPS) is 14.8. The van der Waals surface area contributed by atoms with Crippen molar-refractivity contribution in [3.63, 3.8) is 0 Å². The average molecular weight is 522 g/mol. The number of likely N-dealkylation sites (tertiary alicyclic amines) is 1. The van der Waals surface area contributed by atoms with Crippen molar-refractivity contribution in [1.29, 1.82) is 0 Å². The van der Waals surface area contributed by atoms with Gasteiger partial charge in [-0.05, 0) is 62.9 Å². The van der Waals surface area contributed by atoms with Crippen LogP contribution in [0.2, 0.25) is 0 Å². The Kier molecular flexibility index (Phi) is 7.47. The van der Waals surface area contributed by atoms with Gasteiger partial charge in [-0.1, -0.05) is 36.1 Å². The molecule has 3 aromatic rings. The van der Waals surface area contributed by atoms with Crippen LogP contribution in [0.4, 0.5) is 4.79 Å². The fourth-order valence-electron chi connectivity index (χ4n) is 4.21. The highest BCUT2D eigenvalue weighted by molar-refractivity contribution is 7.89. The molecule has 0 bridgehead atoms. The Morgan fingerprint density at radius 2 is 1.78 bits per heavy atom. The van der Waals surface area contributed by atoms with Gasteiger partial charge in [-0.25, -0.2) is 13.2 Å². The third-order valence-corrected chi connectivity index (χ3v) is 6.89. The van der Waals surface area contributed by atoms with E-state index in [2.05, 4.69) is 11.8 Å². The molecule has 2 aromatic carbocycles. The number of amides is 1. The summed E-state index contributed by atoms with van der Waals surface area (Å²) in [4.78, 5) is 27.1. The van der Waals surface area contributed by atoms with Crippen molar-refractivity contribution in [2.24, 2.45) is 5.92 Å². The number of piperidine rings is 1. The molecule has 4 rings (SSSR count). The molecule has 1 aliphatic rings. The zero-order valence-corrected chi connectivity index (χ0v) is 22.4. The van der Waals surface area contributed by atoms with Crippen molar-refractivity contribution >= 4 is 26.9 Å². The van der Waals surface area contributed by atoms with Crippen LogP contribution in [0.5, 0.6) is 0 Å².